The van der Waals surface area contributed by atoms with Crippen LogP contribution in [-0.4, -0.2) is 26.3 Å². The van der Waals surface area contributed by atoms with E-state index in [1.807, 2.05) is 19.2 Å². The molecule has 0 saturated carbocycles. The molecule has 138 valence electrons. The second-order valence-corrected chi connectivity index (χ2v) is 6.97. The predicted octanol–water partition coefficient (Wildman–Crippen LogP) is 4.16. The SMILES string of the molecule is Cc1ncc2c(n1)CCN(Cc1ccc(-c3ccc(Cl)cc3[N+](=O)[O-])o1)C2. The molecule has 0 fully saturated rings. The molecule has 27 heavy (non-hydrogen) atoms. The van der Waals surface area contributed by atoms with Crippen LogP contribution in [-0.2, 0) is 19.5 Å². The van der Waals surface area contributed by atoms with Crippen LogP contribution in [0.3, 0.4) is 0 Å². The first kappa shape index (κ1) is 17.6. The number of hydrogen-bond donors (Lipinski definition) is 0. The van der Waals surface area contributed by atoms with Crippen LogP contribution in [0, 0.1) is 17.0 Å². The minimum absolute atomic E-state index is 0.0668. The first-order valence-electron chi connectivity index (χ1n) is 8.56. The van der Waals surface area contributed by atoms with Gasteiger partial charge in [0.25, 0.3) is 5.69 Å². The van der Waals surface area contributed by atoms with Gasteiger partial charge in [-0.05, 0) is 31.2 Å². The van der Waals surface area contributed by atoms with Crippen molar-refractivity contribution in [1.82, 2.24) is 14.9 Å². The van der Waals surface area contributed by atoms with Crippen molar-refractivity contribution in [3.63, 3.8) is 0 Å². The minimum atomic E-state index is -0.451. The molecule has 1 aliphatic heterocycles. The molecule has 7 nitrogen and oxygen atoms in total. The highest BCUT2D eigenvalue weighted by Crippen LogP contribution is 2.33. The molecule has 8 heteroatoms. The Balaban J connectivity index is 1.53. The highest BCUT2D eigenvalue weighted by Gasteiger charge is 2.21. The van der Waals surface area contributed by atoms with Crippen molar-refractivity contribution in [2.24, 2.45) is 0 Å². The molecule has 0 aliphatic carbocycles. The summed E-state index contributed by atoms with van der Waals surface area (Å²) in [5.74, 6) is 2.01. The number of halogens is 1. The second-order valence-electron chi connectivity index (χ2n) is 6.53. The Morgan fingerprint density at radius 3 is 3.00 bits per heavy atom. The standard InChI is InChI=1S/C19H17ClN4O3/c1-12-21-9-13-10-23(7-6-17(13)22-12)11-15-3-5-19(27-15)16-4-2-14(20)8-18(16)24(25)26/h2-5,8-9H,6-7,10-11H2,1H3. The zero-order valence-electron chi connectivity index (χ0n) is 14.7. The Morgan fingerprint density at radius 2 is 2.19 bits per heavy atom. The van der Waals surface area contributed by atoms with Crippen LogP contribution in [0.15, 0.2) is 40.9 Å². The van der Waals surface area contributed by atoms with Gasteiger partial charge < -0.3 is 4.42 Å². The van der Waals surface area contributed by atoms with Crippen molar-refractivity contribution in [2.75, 3.05) is 6.54 Å². The summed E-state index contributed by atoms with van der Waals surface area (Å²) in [7, 11) is 0. The van der Waals surface area contributed by atoms with Crippen molar-refractivity contribution in [2.45, 2.75) is 26.4 Å². The van der Waals surface area contributed by atoms with E-state index in [0.717, 1.165) is 42.4 Å². The van der Waals surface area contributed by atoms with E-state index >= 15 is 0 Å². The summed E-state index contributed by atoms with van der Waals surface area (Å²) in [6, 6.07) is 8.18. The highest BCUT2D eigenvalue weighted by molar-refractivity contribution is 6.30. The van der Waals surface area contributed by atoms with E-state index in [2.05, 4.69) is 14.9 Å². The molecular formula is C19H17ClN4O3. The summed E-state index contributed by atoms with van der Waals surface area (Å²) in [5.41, 5.74) is 2.59. The van der Waals surface area contributed by atoms with Gasteiger partial charge in [-0.25, -0.2) is 9.97 Å². The van der Waals surface area contributed by atoms with E-state index in [-0.39, 0.29) is 5.69 Å². The molecule has 0 bridgehead atoms. The van der Waals surface area contributed by atoms with Gasteiger partial charge in [0.05, 0.1) is 17.0 Å². The van der Waals surface area contributed by atoms with E-state index in [1.165, 1.54) is 6.07 Å². The summed E-state index contributed by atoms with van der Waals surface area (Å²) in [4.78, 5) is 21.9. The third-order valence-corrected chi connectivity index (χ3v) is 4.83. The molecule has 2 aromatic heterocycles. The van der Waals surface area contributed by atoms with E-state index in [1.54, 1.807) is 18.2 Å². The van der Waals surface area contributed by atoms with Gasteiger partial charge >= 0.3 is 0 Å². The summed E-state index contributed by atoms with van der Waals surface area (Å²) in [6.45, 7) is 4.15. The smallest absolute Gasteiger partial charge is 0.281 e. The molecule has 0 atom stereocenters. The maximum absolute atomic E-state index is 11.3. The maximum atomic E-state index is 11.3. The first-order valence-corrected chi connectivity index (χ1v) is 8.94. The fourth-order valence-electron chi connectivity index (χ4n) is 3.30. The first-order chi connectivity index (χ1) is 13.0. The molecule has 3 heterocycles. The zero-order valence-corrected chi connectivity index (χ0v) is 15.4. The molecule has 0 saturated heterocycles. The van der Waals surface area contributed by atoms with Crippen molar-refractivity contribution >= 4 is 17.3 Å². The lowest BCUT2D eigenvalue weighted by Crippen LogP contribution is -2.30. The molecule has 0 unspecified atom stereocenters. The molecular weight excluding hydrogens is 368 g/mol. The van der Waals surface area contributed by atoms with Crippen LogP contribution in [0.1, 0.15) is 22.8 Å². The lowest BCUT2D eigenvalue weighted by Gasteiger charge is -2.27. The van der Waals surface area contributed by atoms with Gasteiger partial charge in [0.2, 0.25) is 0 Å². The minimum Gasteiger partial charge on any atom is -0.459 e. The number of aromatic nitrogens is 2. The van der Waals surface area contributed by atoms with Gasteiger partial charge in [0.1, 0.15) is 17.3 Å². The van der Waals surface area contributed by atoms with E-state index in [9.17, 15) is 10.1 Å². The zero-order chi connectivity index (χ0) is 19.0. The van der Waals surface area contributed by atoms with Crippen LogP contribution >= 0.6 is 11.6 Å². The second kappa shape index (κ2) is 7.09. The van der Waals surface area contributed by atoms with Gasteiger partial charge in [-0.1, -0.05) is 11.6 Å². The average Bonchev–Trinajstić information content (AvgIpc) is 3.10. The Hall–Kier alpha value is -2.77. The normalized spacial score (nSPS) is 14.1. The van der Waals surface area contributed by atoms with Crippen molar-refractivity contribution in [3.05, 3.63) is 74.5 Å². The number of nitro benzene ring substituents is 1. The van der Waals surface area contributed by atoms with Crippen LogP contribution in [0.25, 0.3) is 11.3 Å². The number of hydrogen-bond acceptors (Lipinski definition) is 6. The van der Waals surface area contributed by atoms with Crippen LogP contribution in [0.2, 0.25) is 5.02 Å². The van der Waals surface area contributed by atoms with E-state index in [0.29, 0.717) is 22.9 Å². The topological polar surface area (TPSA) is 85.3 Å². The quantitative estimate of drug-likeness (QED) is 0.495. The van der Waals surface area contributed by atoms with Crippen molar-refractivity contribution in [3.8, 4) is 11.3 Å². The molecule has 0 radical (unpaired) electrons. The number of furan rings is 1. The molecule has 0 amide bonds. The van der Waals surface area contributed by atoms with Gasteiger partial charge in [0, 0.05) is 48.1 Å². The fourth-order valence-corrected chi connectivity index (χ4v) is 3.47. The number of fused-ring (bicyclic) bond motifs is 1. The molecule has 4 rings (SSSR count). The van der Waals surface area contributed by atoms with E-state index in [4.69, 9.17) is 16.0 Å². The van der Waals surface area contributed by atoms with Gasteiger partial charge in [-0.2, -0.15) is 0 Å². The lowest BCUT2D eigenvalue weighted by molar-refractivity contribution is -0.384. The Labute approximate surface area is 160 Å². The number of rotatable bonds is 4. The summed E-state index contributed by atoms with van der Waals surface area (Å²) < 4.78 is 5.89. The van der Waals surface area contributed by atoms with Crippen molar-refractivity contribution < 1.29 is 9.34 Å². The molecule has 0 N–H and O–H groups in total. The molecule has 1 aromatic carbocycles. The van der Waals surface area contributed by atoms with Gasteiger partial charge in [-0.15, -0.1) is 0 Å². The van der Waals surface area contributed by atoms with Gasteiger partial charge in [-0.3, -0.25) is 15.0 Å². The predicted molar refractivity (Wildman–Crippen MR) is 100 cm³/mol. The number of aryl methyl sites for hydroxylation is 1. The van der Waals surface area contributed by atoms with Crippen LogP contribution in [0.4, 0.5) is 5.69 Å². The maximum Gasteiger partial charge on any atom is 0.281 e. The van der Waals surface area contributed by atoms with Crippen LogP contribution in [0.5, 0.6) is 0 Å². The molecule has 0 spiro atoms. The highest BCUT2D eigenvalue weighted by atomic mass is 35.5. The van der Waals surface area contributed by atoms with Crippen molar-refractivity contribution in [1.29, 1.82) is 0 Å². The third-order valence-electron chi connectivity index (χ3n) is 4.60. The lowest BCUT2D eigenvalue weighted by atomic mass is 10.1. The fraction of sp³-hybridized carbons (Fsp3) is 0.263. The number of nitro groups is 1. The number of benzene rings is 1. The van der Waals surface area contributed by atoms with Gasteiger partial charge in [0.15, 0.2) is 0 Å². The monoisotopic (exact) mass is 384 g/mol. The Morgan fingerprint density at radius 1 is 1.33 bits per heavy atom. The number of nitrogens with zero attached hydrogens (tertiary/aromatic N) is 4. The summed E-state index contributed by atoms with van der Waals surface area (Å²) in [6.07, 6.45) is 2.75. The van der Waals surface area contributed by atoms with Crippen LogP contribution < -0.4 is 0 Å². The third kappa shape index (κ3) is 3.70. The summed E-state index contributed by atoms with van der Waals surface area (Å²) >= 11 is 5.88. The van der Waals surface area contributed by atoms with E-state index < -0.39 is 4.92 Å². The average molecular weight is 385 g/mol. The Bertz CT molecular complexity index is 1020. The molecule has 1 aliphatic rings. The molecule has 3 aromatic rings. The largest absolute Gasteiger partial charge is 0.459 e. The summed E-state index contributed by atoms with van der Waals surface area (Å²) in [5, 5.41) is 11.6. The Kier molecular flexibility index (Phi) is 4.63.